The summed E-state index contributed by atoms with van der Waals surface area (Å²) in [6.45, 7) is 4.34. The molecule has 2 heteroatoms. The lowest BCUT2D eigenvalue weighted by molar-refractivity contribution is -0.117. The number of hydrogen-bond acceptors (Lipinski definition) is 1. The highest BCUT2D eigenvalue weighted by atomic mass is 16.1. The molecule has 1 rings (SSSR count). The largest absolute Gasteiger partial charge is 0.326 e. The van der Waals surface area contributed by atoms with Gasteiger partial charge in [-0.3, -0.25) is 4.79 Å². The number of carbonyl (C=O) groups excluding carboxylic acids is 1. The molecule has 1 atom stereocenters. The molecule has 1 radical (unpaired) electrons. The van der Waals surface area contributed by atoms with Crippen molar-refractivity contribution in [3.63, 3.8) is 0 Å². The number of anilines is 1. The van der Waals surface area contributed by atoms with Crippen molar-refractivity contribution in [1.29, 1.82) is 0 Å². The SMILES string of the molecule is CCCCC(CC)CC(=O)Nc1[c]cccc1. The van der Waals surface area contributed by atoms with Crippen LogP contribution in [0.15, 0.2) is 24.3 Å². The van der Waals surface area contributed by atoms with Gasteiger partial charge in [-0.1, -0.05) is 51.3 Å². The van der Waals surface area contributed by atoms with Crippen LogP contribution in [0.4, 0.5) is 5.69 Å². The first-order valence-electron chi connectivity index (χ1n) is 6.52. The smallest absolute Gasteiger partial charge is 0.224 e. The van der Waals surface area contributed by atoms with Crippen LogP contribution in [0.25, 0.3) is 0 Å². The van der Waals surface area contributed by atoms with E-state index in [-0.39, 0.29) is 5.91 Å². The highest BCUT2D eigenvalue weighted by Crippen LogP contribution is 2.17. The number of hydrogen-bond donors (Lipinski definition) is 1. The first-order chi connectivity index (χ1) is 8.26. The van der Waals surface area contributed by atoms with E-state index < -0.39 is 0 Å². The van der Waals surface area contributed by atoms with E-state index >= 15 is 0 Å². The standard InChI is InChI=1S/C15H22NO/c1-3-5-9-13(4-2)12-15(17)16-14-10-7-6-8-11-14/h6-8,10,13H,3-5,9,12H2,1-2H3,(H,16,17). The topological polar surface area (TPSA) is 29.1 Å². The molecule has 0 saturated heterocycles. The molecule has 0 aliphatic heterocycles. The van der Waals surface area contributed by atoms with Crippen LogP contribution >= 0.6 is 0 Å². The maximum Gasteiger partial charge on any atom is 0.224 e. The van der Waals surface area contributed by atoms with E-state index in [0.29, 0.717) is 12.3 Å². The molecule has 0 aromatic heterocycles. The first kappa shape index (κ1) is 13.8. The van der Waals surface area contributed by atoms with Crippen molar-refractivity contribution >= 4 is 11.6 Å². The number of unbranched alkanes of at least 4 members (excludes halogenated alkanes) is 1. The number of carbonyl (C=O) groups is 1. The van der Waals surface area contributed by atoms with Crippen LogP contribution in [-0.4, -0.2) is 5.91 Å². The van der Waals surface area contributed by atoms with Gasteiger partial charge in [0.15, 0.2) is 0 Å². The molecule has 0 fully saturated rings. The summed E-state index contributed by atoms with van der Waals surface area (Å²) < 4.78 is 0. The van der Waals surface area contributed by atoms with E-state index in [1.807, 2.05) is 24.3 Å². The summed E-state index contributed by atoms with van der Waals surface area (Å²) in [4.78, 5) is 11.8. The van der Waals surface area contributed by atoms with Gasteiger partial charge in [0, 0.05) is 18.2 Å². The Balaban J connectivity index is 2.37. The molecule has 1 amide bonds. The van der Waals surface area contributed by atoms with Crippen molar-refractivity contribution in [3.05, 3.63) is 30.3 Å². The maximum atomic E-state index is 11.8. The van der Waals surface area contributed by atoms with E-state index in [9.17, 15) is 4.79 Å². The summed E-state index contributed by atoms with van der Waals surface area (Å²) in [5.41, 5.74) is 0.767. The summed E-state index contributed by atoms with van der Waals surface area (Å²) in [6.07, 6.45) is 5.26. The average molecular weight is 232 g/mol. The highest BCUT2D eigenvalue weighted by Gasteiger charge is 2.11. The molecule has 0 saturated carbocycles. The monoisotopic (exact) mass is 232 g/mol. The van der Waals surface area contributed by atoms with Gasteiger partial charge in [0.05, 0.1) is 0 Å². The minimum atomic E-state index is 0.107. The van der Waals surface area contributed by atoms with Crippen molar-refractivity contribution in [2.75, 3.05) is 5.32 Å². The molecule has 1 aromatic carbocycles. The lowest BCUT2D eigenvalue weighted by Crippen LogP contribution is -2.16. The van der Waals surface area contributed by atoms with E-state index in [1.165, 1.54) is 12.8 Å². The molecule has 1 aromatic rings. The van der Waals surface area contributed by atoms with Gasteiger partial charge in [-0.2, -0.15) is 0 Å². The van der Waals surface area contributed by atoms with Crippen molar-refractivity contribution in [2.45, 2.75) is 46.0 Å². The number of para-hydroxylation sites is 1. The van der Waals surface area contributed by atoms with Crippen LogP contribution in [0, 0.1) is 12.0 Å². The second kappa shape index (κ2) is 7.88. The molecule has 0 spiro atoms. The second-order valence-corrected chi connectivity index (χ2v) is 4.45. The predicted molar refractivity (Wildman–Crippen MR) is 71.8 cm³/mol. The molecule has 1 N–H and O–H groups in total. The summed E-state index contributed by atoms with van der Waals surface area (Å²) in [5, 5.41) is 2.89. The Morgan fingerprint density at radius 1 is 1.41 bits per heavy atom. The molecular weight excluding hydrogens is 210 g/mol. The summed E-state index contributed by atoms with van der Waals surface area (Å²) in [5.74, 6) is 0.620. The van der Waals surface area contributed by atoms with Gasteiger partial charge in [-0.25, -0.2) is 0 Å². The van der Waals surface area contributed by atoms with Crippen LogP contribution in [-0.2, 0) is 4.79 Å². The Hall–Kier alpha value is -1.31. The van der Waals surface area contributed by atoms with E-state index in [4.69, 9.17) is 0 Å². The number of rotatable bonds is 7. The minimum Gasteiger partial charge on any atom is -0.326 e. The molecule has 17 heavy (non-hydrogen) atoms. The van der Waals surface area contributed by atoms with Gasteiger partial charge in [-0.05, 0) is 18.4 Å². The fourth-order valence-corrected chi connectivity index (χ4v) is 1.88. The second-order valence-electron chi connectivity index (χ2n) is 4.45. The van der Waals surface area contributed by atoms with Crippen molar-refractivity contribution in [1.82, 2.24) is 0 Å². The number of benzene rings is 1. The molecule has 1 unspecified atom stereocenters. The number of nitrogens with one attached hydrogen (secondary N) is 1. The Morgan fingerprint density at radius 3 is 2.82 bits per heavy atom. The molecular formula is C15H22NO. The zero-order valence-corrected chi connectivity index (χ0v) is 10.8. The van der Waals surface area contributed by atoms with Gasteiger partial charge in [0.2, 0.25) is 5.91 Å². The van der Waals surface area contributed by atoms with Crippen molar-refractivity contribution in [3.8, 4) is 0 Å². The normalized spacial score (nSPS) is 12.1. The summed E-state index contributed by atoms with van der Waals surface area (Å²) in [6, 6.07) is 10.5. The van der Waals surface area contributed by atoms with E-state index in [0.717, 1.165) is 18.5 Å². The van der Waals surface area contributed by atoms with Crippen molar-refractivity contribution < 1.29 is 4.79 Å². The first-order valence-corrected chi connectivity index (χ1v) is 6.52. The van der Waals surface area contributed by atoms with Crippen LogP contribution in [0.5, 0.6) is 0 Å². The van der Waals surface area contributed by atoms with Gasteiger partial charge < -0.3 is 5.32 Å². The fourth-order valence-electron chi connectivity index (χ4n) is 1.88. The molecule has 0 bridgehead atoms. The fraction of sp³-hybridized carbons (Fsp3) is 0.533. The minimum absolute atomic E-state index is 0.107. The van der Waals surface area contributed by atoms with E-state index in [1.54, 1.807) is 0 Å². The lowest BCUT2D eigenvalue weighted by Gasteiger charge is -2.13. The molecule has 0 heterocycles. The third kappa shape index (κ3) is 5.53. The average Bonchev–Trinajstić information content (AvgIpc) is 2.35. The Labute approximate surface area is 104 Å². The zero-order valence-electron chi connectivity index (χ0n) is 10.8. The quantitative estimate of drug-likeness (QED) is 0.755. The molecule has 2 nitrogen and oxygen atoms in total. The summed E-state index contributed by atoms with van der Waals surface area (Å²) >= 11 is 0. The van der Waals surface area contributed by atoms with Gasteiger partial charge in [0.1, 0.15) is 0 Å². The van der Waals surface area contributed by atoms with Gasteiger partial charge in [0.25, 0.3) is 0 Å². The summed E-state index contributed by atoms with van der Waals surface area (Å²) in [7, 11) is 0. The Morgan fingerprint density at radius 2 is 2.24 bits per heavy atom. The number of amides is 1. The van der Waals surface area contributed by atoms with Gasteiger partial charge >= 0.3 is 0 Å². The van der Waals surface area contributed by atoms with Crippen LogP contribution in [0.2, 0.25) is 0 Å². The van der Waals surface area contributed by atoms with Crippen molar-refractivity contribution in [2.24, 2.45) is 5.92 Å². The van der Waals surface area contributed by atoms with Gasteiger partial charge in [-0.15, -0.1) is 0 Å². The third-order valence-corrected chi connectivity index (χ3v) is 3.00. The molecule has 93 valence electrons. The van der Waals surface area contributed by atoms with Crippen LogP contribution in [0.3, 0.4) is 0 Å². The zero-order chi connectivity index (χ0) is 12.5. The van der Waals surface area contributed by atoms with Crippen LogP contribution < -0.4 is 5.32 Å². The lowest BCUT2D eigenvalue weighted by atomic mass is 9.95. The van der Waals surface area contributed by atoms with E-state index in [2.05, 4.69) is 25.2 Å². The molecule has 0 aliphatic rings. The van der Waals surface area contributed by atoms with Crippen LogP contribution in [0.1, 0.15) is 46.0 Å². The Bertz CT molecular complexity index is 321. The third-order valence-electron chi connectivity index (χ3n) is 3.00. The Kier molecular flexibility index (Phi) is 6.38. The predicted octanol–water partition coefficient (Wildman–Crippen LogP) is 4.03. The highest BCUT2D eigenvalue weighted by molar-refractivity contribution is 5.90. The maximum absolute atomic E-state index is 11.8. The molecule has 0 aliphatic carbocycles.